The molecule has 108 valence electrons. The third-order valence-corrected chi connectivity index (χ3v) is 3.63. The summed E-state index contributed by atoms with van der Waals surface area (Å²) in [6, 6.07) is 5.59. The van der Waals surface area contributed by atoms with Crippen molar-refractivity contribution >= 4 is 34.3 Å². The van der Waals surface area contributed by atoms with Crippen molar-refractivity contribution in [3.8, 4) is 5.75 Å². The summed E-state index contributed by atoms with van der Waals surface area (Å²) in [6.07, 6.45) is 0. The van der Waals surface area contributed by atoms with Gasteiger partial charge >= 0.3 is 6.61 Å². The van der Waals surface area contributed by atoms with Crippen LogP contribution in [0.5, 0.6) is 5.75 Å². The number of thiophene rings is 1. The van der Waals surface area contributed by atoms with Gasteiger partial charge in [0.05, 0.1) is 15.7 Å². The van der Waals surface area contributed by atoms with Crippen molar-refractivity contribution in [3.05, 3.63) is 39.3 Å². The molecule has 0 bridgehead atoms. The molecule has 0 radical (unpaired) electrons. The van der Waals surface area contributed by atoms with Gasteiger partial charge in [-0.2, -0.15) is 8.78 Å². The number of nitrogen functional groups attached to an aromatic ring is 1. The summed E-state index contributed by atoms with van der Waals surface area (Å²) in [7, 11) is 0. The monoisotopic (exact) mass is 322 g/mol. The van der Waals surface area contributed by atoms with Gasteiger partial charge in [0.15, 0.2) is 11.6 Å². The van der Waals surface area contributed by atoms with Gasteiger partial charge < -0.3 is 15.8 Å². The standard InChI is InChI=1S/C12H10ClF3N2OS/c13-11-2-1-6(20-11)5-18-9-4-10(19-12(15)16)7(14)3-8(9)17/h1-4,12,18H,5,17H2. The Bertz CT molecular complexity index is 606. The highest BCUT2D eigenvalue weighted by Crippen LogP contribution is 2.30. The second-order valence-electron chi connectivity index (χ2n) is 3.81. The van der Waals surface area contributed by atoms with Crippen molar-refractivity contribution in [1.82, 2.24) is 0 Å². The molecule has 0 saturated carbocycles. The van der Waals surface area contributed by atoms with Gasteiger partial charge in [-0.05, 0) is 12.1 Å². The Kier molecular flexibility index (Phi) is 4.61. The average molecular weight is 323 g/mol. The highest BCUT2D eigenvalue weighted by molar-refractivity contribution is 7.16. The third-order valence-electron chi connectivity index (χ3n) is 2.40. The Morgan fingerprint density at radius 3 is 2.70 bits per heavy atom. The molecular weight excluding hydrogens is 313 g/mol. The van der Waals surface area contributed by atoms with Crippen LogP contribution in [-0.4, -0.2) is 6.61 Å². The quantitative estimate of drug-likeness (QED) is 0.805. The number of nitrogens with one attached hydrogen (secondary N) is 1. The maximum atomic E-state index is 13.4. The number of hydrogen-bond acceptors (Lipinski definition) is 4. The lowest BCUT2D eigenvalue weighted by atomic mass is 10.2. The summed E-state index contributed by atoms with van der Waals surface area (Å²) in [5, 5.41) is 2.92. The van der Waals surface area contributed by atoms with Crippen molar-refractivity contribution < 1.29 is 17.9 Å². The Hall–Kier alpha value is -1.60. The number of hydrogen-bond donors (Lipinski definition) is 2. The van der Waals surface area contributed by atoms with Gasteiger partial charge in [0.1, 0.15) is 0 Å². The summed E-state index contributed by atoms with van der Waals surface area (Å²) in [5.41, 5.74) is 6.04. The van der Waals surface area contributed by atoms with E-state index in [0.29, 0.717) is 16.6 Å². The molecule has 1 aromatic carbocycles. The first-order valence-electron chi connectivity index (χ1n) is 5.47. The minimum absolute atomic E-state index is 0.103. The van der Waals surface area contributed by atoms with Crippen molar-refractivity contribution in [3.63, 3.8) is 0 Å². The minimum Gasteiger partial charge on any atom is -0.432 e. The van der Waals surface area contributed by atoms with E-state index >= 15 is 0 Å². The molecule has 2 rings (SSSR count). The largest absolute Gasteiger partial charge is 0.432 e. The first-order chi connectivity index (χ1) is 9.45. The van der Waals surface area contributed by atoms with Gasteiger partial charge in [-0.15, -0.1) is 11.3 Å². The maximum absolute atomic E-state index is 13.4. The lowest BCUT2D eigenvalue weighted by molar-refractivity contribution is -0.0521. The number of ether oxygens (including phenoxy) is 1. The normalized spacial score (nSPS) is 10.8. The van der Waals surface area contributed by atoms with Crippen molar-refractivity contribution in [2.75, 3.05) is 11.1 Å². The third kappa shape index (κ3) is 3.71. The van der Waals surface area contributed by atoms with Crippen LogP contribution in [0.15, 0.2) is 24.3 Å². The Balaban J connectivity index is 2.14. The van der Waals surface area contributed by atoms with E-state index in [1.807, 2.05) is 6.07 Å². The van der Waals surface area contributed by atoms with E-state index < -0.39 is 18.2 Å². The van der Waals surface area contributed by atoms with Crippen LogP contribution >= 0.6 is 22.9 Å². The zero-order valence-electron chi connectivity index (χ0n) is 10.00. The molecule has 0 fully saturated rings. The summed E-state index contributed by atoms with van der Waals surface area (Å²) in [6.45, 7) is -2.71. The van der Waals surface area contributed by atoms with E-state index in [0.717, 1.165) is 17.0 Å². The molecule has 2 aromatic rings. The van der Waals surface area contributed by atoms with Crippen molar-refractivity contribution in [2.45, 2.75) is 13.2 Å². The molecule has 0 aliphatic heterocycles. The Morgan fingerprint density at radius 2 is 2.10 bits per heavy atom. The molecule has 0 spiro atoms. The van der Waals surface area contributed by atoms with E-state index in [1.54, 1.807) is 6.07 Å². The molecule has 3 nitrogen and oxygen atoms in total. The van der Waals surface area contributed by atoms with Gasteiger partial charge in [-0.3, -0.25) is 0 Å². The van der Waals surface area contributed by atoms with E-state index in [-0.39, 0.29) is 5.69 Å². The summed E-state index contributed by atoms with van der Waals surface area (Å²) < 4.78 is 42.4. The molecule has 8 heteroatoms. The van der Waals surface area contributed by atoms with E-state index in [2.05, 4.69) is 10.1 Å². The first kappa shape index (κ1) is 14.8. The van der Waals surface area contributed by atoms with Gasteiger partial charge in [0.2, 0.25) is 0 Å². The highest BCUT2D eigenvalue weighted by atomic mass is 35.5. The lowest BCUT2D eigenvalue weighted by Gasteiger charge is -2.12. The number of rotatable bonds is 5. The van der Waals surface area contributed by atoms with Crippen molar-refractivity contribution in [2.24, 2.45) is 0 Å². The molecule has 0 aliphatic carbocycles. The van der Waals surface area contributed by atoms with Crippen LogP contribution < -0.4 is 15.8 Å². The molecule has 0 amide bonds. The SMILES string of the molecule is Nc1cc(F)c(OC(F)F)cc1NCc1ccc(Cl)s1. The van der Waals surface area contributed by atoms with E-state index in [4.69, 9.17) is 17.3 Å². The number of alkyl halides is 2. The topological polar surface area (TPSA) is 47.3 Å². The fraction of sp³-hybridized carbons (Fsp3) is 0.167. The zero-order valence-corrected chi connectivity index (χ0v) is 11.6. The van der Waals surface area contributed by atoms with Crippen LogP contribution in [-0.2, 0) is 6.54 Å². The summed E-state index contributed by atoms with van der Waals surface area (Å²) in [5.74, 6) is -1.49. The van der Waals surface area contributed by atoms with Gasteiger partial charge in [0.25, 0.3) is 0 Å². The number of halogens is 4. The molecule has 0 unspecified atom stereocenters. The molecule has 3 N–H and O–H groups in total. The molecule has 1 aromatic heterocycles. The molecule has 0 atom stereocenters. The molecule has 20 heavy (non-hydrogen) atoms. The van der Waals surface area contributed by atoms with Gasteiger partial charge in [0, 0.05) is 23.6 Å². The first-order valence-corrected chi connectivity index (χ1v) is 6.67. The van der Waals surface area contributed by atoms with Crippen LogP contribution in [0.2, 0.25) is 4.34 Å². The van der Waals surface area contributed by atoms with Crippen LogP contribution in [0.25, 0.3) is 0 Å². The Labute approximate surface area is 122 Å². The average Bonchev–Trinajstić information content (AvgIpc) is 2.76. The smallest absolute Gasteiger partial charge is 0.387 e. The second-order valence-corrected chi connectivity index (χ2v) is 5.61. The summed E-state index contributed by atoms with van der Waals surface area (Å²) in [4.78, 5) is 0.926. The second kappa shape index (κ2) is 6.23. The molecule has 1 heterocycles. The van der Waals surface area contributed by atoms with E-state index in [9.17, 15) is 13.2 Å². The van der Waals surface area contributed by atoms with Crippen LogP contribution in [0.4, 0.5) is 24.5 Å². The molecular formula is C12H10ClF3N2OS. The predicted molar refractivity (Wildman–Crippen MR) is 74.1 cm³/mol. The van der Waals surface area contributed by atoms with Gasteiger partial charge in [-0.1, -0.05) is 11.6 Å². The van der Waals surface area contributed by atoms with Crippen LogP contribution in [0.1, 0.15) is 4.88 Å². The fourth-order valence-corrected chi connectivity index (χ4v) is 2.56. The highest BCUT2D eigenvalue weighted by Gasteiger charge is 2.13. The van der Waals surface area contributed by atoms with Crippen molar-refractivity contribution in [1.29, 1.82) is 0 Å². The molecule has 0 aliphatic rings. The van der Waals surface area contributed by atoms with Gasteiger partial charge in [-0.25, -0.2) is 4.39 Å². The zero-order chi connectivity index (χ0) is 14.7. The predicted octanol–water partition coefficient (Wildman–Crippen LogP) is 4.34. The Morgan fingerprint density at radius 1 is 1.35 bits per heavy atom. The lowest BCUT2D eigenvalue weighted by Crippen LogP contribution is -2.07. The summed E-state index contributed by atoms with van der Waals surface area (Å²) >= 11 is 7.16. The fourth-order valence-electron chi connectivity index (χ4n) is 1.54. The van der Waals surface area contributed by atoms with Crippen LogP contribution in [0.3, 0.4) is 0 Å². The number of nitrogens with two attached hydrogens (primary N) is 1. The maximum Gasteiger partial charge on any atom is 0.387 e. The van der Waals surface area contributed by atoms with Crippen LogP contribution in [0, 0.1) is 5.82 Å². The minimum atomic E-state index is -3.10. The number of anilines is 2. The number of benzene rings is 1. The molecule has 0 saturated heterocycles. The van der Waals surface area contributed by atoms with E-state index in [1.165, 1.54) is 11.3 Å².